The van der Waals surface area contributed by atoms with E-state index in [9.17, 15) is 28.8 Å². The number of imide groups is 2. The van der Waals surface area contributed by atoms with Crippen LogP contribution in [0, 0.1) is 0 Å². The van der Waals surface area contributed by atoms with Gasteiger partial charge < -0.3 is 20.9 Å². The molecule has 2 aromatic heterocycles. The van der Waals surface area contributed by atoms with Gasteiger partial charge in [-0.25, -0.2) is 9.97 Å². The molecule has 4 N–H and O–H groups in total. The second-order valence-electron chi connectivity index (χ2n) is 16.8. The summed E-state index contributed by atoms with van der Waals surface area (Å²) in [7, 11) is 0. The molecule has 6 amide bonds. The van der Waals surface area contributed by atoms with E-state index in [2.05, 4.69) is 31.1 Å². The molecular weight excluding hydrogens is 898 g/mol. The number of carbonyl (C=O) groups excluding carboxylic acids is 6. The molecule has 3 aliphatic rings. The second-order valence-corrected chi connectivity index (χ2v) is 18.9. The zero-order chi connectivity index (χ0) is 46.0. The lowest BCUT2D eigenvalue weighted by molar-refractivity contribution is -0.136. The summed E-state index contributed by atoms with van der Waals surface area (Å²) >= 11 is 9.06. The average molecular weight is 951 g/mol. The smallest absolute Gasteiger partial charge is 0.264 e. The first kappa shape index (κ1) is 46.7. The number of rotatable bonds is 20. The predicted molar refractivity (Wildman–Crippen MR) is 258 cm³/mol. The van der Waals surface area contributed by atoms with E-state index in [1.165, 1.54) is 43.1 Å². The minimum atomic E-state index is -1.07. The van der Waals surface area contributed by atoms with Crippen molar-refractivity contribution in [3.05, 3.63) is 93.6 Å². The van der Waals surface area contributed by atoms with Crippen LogP contribution in [0.3, 0.4) is 0 Å². The summed E-state index contributed by atoms with van der Waals surface area (Å²) < 4.78 is 0. The van der Waals surface area contributed by atoms with Gasteiger partial charge in [0.05, 0.1) is 29.1 Å². The number of anilines is 4. The molecule has 66 heavy (non-hydrogen) atoms. The SMILES string of the molecule is O=C1CCC(N2C(=O)c3cccc(NC(=O)CN4CCN(CCCCCCCCCCC(=O)Nc5ccc(-c6csc(-c7csc(Nc8ccc(Cl)cc8)n7)n6)cc5)CC4)c3C2=O)C(=O)N1. The first-order chi connectivity index (χ1) is 32.1. The third kappa shape index (κ3) is 11.9. The summed E-state index contributed by atoms with van der Waals surface area (Å²) in [6, 6.07) is 18.9. The van der Waals surface area contributed by atoms with Crippen LogP contribution >= 0.6 is 34.3 Å². The topological polar surface area (TPSA) is 186 Å². The van der Waals surface area contributed by atoms with Crippen LogP contribution in [-0.2, 0) is 19.2 Å². The minimum Gasteiger partial charge on any atom is -0.332 e. The first-order valence-corrected chi connectivity index (χ1v) is 24.6. The van der Waals surface area contributed by atoms with Crippen LogP contribution in [-0.4, -0.2) is 105 Å². The van der Waals surface area contributed by atoms with E-state index in [0.717, 1.165) is 102 Å². The molecule has 1 atom stereocenters. The summed E-state index contributed by atoms with van der Waals surface area (Å²) in [6.45, 7) is 4.43. The summed E-state index contributed by atoms with van der Waals surface area (Å²) in [5, 5.41) is 17.7. The van der Waals surface area contributed by atoms with Gasteiger partial charge in [-0.3, -0.25) is 43.9 Å². The predicted octanol–water partition coefficient (Wildman–Crippen LogP) is 8.44. The molecule has 15 nitrogen and oxygen atoms in total. The van der Waals surface area contributed by atoms with Gasteiger partial charge in [-0.15, -0.1) is 22.7 Å². The van der Waals surface area contributed by atoms with E-state index >= 15 is 0 Å². The number of hydrogen-bond donors (Lipinski definition) is 4. The number of aromatic nitrogens is 2. The summed E-state index contributed by atoms with van der Waals surface area (Å²) in [4.78, 5) is 91.2. The van der Waals surface area contributed by atoms with E-state index in [-0.39, 0.29) is 48.0 Å². The number of fused-ring (bicyclic) bond motifs is 1. The van der Waals surface area contributed by atoms with E-state index in [0.29, 0.717) is 11.4 Å². The number of halogens is 1. The maximum atomic E-state index is 13.4. The van der Waals surface area contributed by atoms with Crippen LogP contribution in [0.5, 0.6) is 0 Å². The first-order valence-electron chi connectivity index (χ1n) is 22.5. The molecule has 344 valence electrons. The minimum absolute atomic E-state index is 0.0300. The van der Waals surface area contributed by atoms with Crippen molar-refractivity contribution in [1.29, 1.82) is 0 Å². The highest BCUT2D eigenvalue weighted by atomic mass is 35.5. The van der Waals surface area contributed by atoms with Gasteiger partial charge in [-0.2, -0.15) is 0 Å². The van der Waals surface area contributed by atoms with E-state index in [4.69, 9.17) is 21.6 Å². The van der Waals surface area contributed by atoms with Crippen LogP contribution in [0.15, 0.2) is 77.5 Å². The Bertz CT molecular complexity index is 2560. The fourth-order valence-electron chi connectivity index (χ4n) is 8.42. The van der Waals surface area contributed by atoms with Crippen molar-refractivity contribution >= 4 is 91.9 Å². The Labute approximate surface area is 396 Å². The van der Waals surface area contributed by atoms with Gasteiger partial charge >= 0.3 is 0 Å². The highest BCUT2D eigenvalue weighted by molar-refractivity contribution is 7.16. The number of carbonyl (C=O) groups is 6. The number of amides is 6. The zero-order valence-corrected chi connectivity index (χ0v) is 38.9. The van der Waals surface area contributed by atoms with Crippen LogP contribution in [0.25, 0.3) is 22.0 Å². The molecule has 0 radical (unpaired) electrons. The molecule has 2 fully saturated rings. The molecule has 2 saturated heterocycles. The van der Waals surface area contributed by atoms with E-state index in [1.807, 2.05) is 59.3 Å². The van der Waals surface area contributed by atoms with Gasteiger partial charge in [0, 0.05) is 71.7 Å². The Kier molecular flexibility index (Phi) is 15.6. The molecule has 0 aliphatic carbocycles. The monoisotopic (exact) mass is 949 g/mol. The van der Waals surface area contributed by atoms with Gasteiger partial charge in [0.2, 0.25) is 23.6 Å². The van der Waals surface area contributed by atoms with Crippen molar-refractivity contribution in [2.45, 2.75) is 76.7 Å². The van der Waals surface area contributed by atoms with E-state index < -0.39 is 29.7 Å². The molecule has 3 aliphatic heterocycles. The molecule has 18 heteroatoms. The molecular formula is C48H52ClN9O6S2. The summed E-state index contributed by atoms with van der Waals surface area (Å²) in [6.07, 6.45) is 9.48. The lowest BCUT2D eigenvalue weighted by Gasteiger charge is -2.34. The fourth-order valence-corrected chi connectivity index (χ4v) is 10.1. The number of hydrogen-bond acceptors (Lipinski definition) is 13. The third-order valence-corrected chi connectivity index (χ3v) is 13.9. The van der Waals surface area contributed by atoms with Crippen molar-refractivity contribution in [3.8, 4) is 22.0 Å². The molecule has 1 unspecified atom stereocenters. The standard InChI is InChI=1S/C48H52ClN9O6S2/c49-32-15-19-34(20-16-32)51-48-54-38(30-66-48)45-53-37(29-65-45)31-13-17-33(18-14-31)50-40(59)12-7-5-3-1-2-4-6-8-23-56-24-26-57(27-25-56)28-42(61)52-36-11-9-10-35-43(36)47(64)58(46(35)63)39-21-22-41(60)55-44(39)62/h9-11,13-20,29-30,39H,1-8,12,21-28H2,(H,50,59)(H,51,54)(H,52,61)(H,55,60,62). The third-order valence-electron chi connectivity index (χ3n) is 12.0. The van der Waals surface area contributed by atoms with Gasteiger partial charge in [0.15, 0.2) is 5.13 Å². The average Bonchev–Trinajstić information content (AvgIpc) is 4.05. The lowest BCUT2D eigenvalue weighted by Crippen LogP contribution is -2.54. The number of piperazine rings is 1. The Morgan fingerprint density at radius 1 is 0.712 bits per heavy atom. The van der Waals surface area contributed by atoms with Gasteiger partial charge in [0.25, 0.3) is 11.8 Å². The number of piperidine rings is 1. The number of nitrogens with zero attached hydrogens (tertiary/aromatic N) is 5. The normalized spacial score (nSPS) is 16.6. The number of unbranched alkanes of at least 4 members (excludes halogenated alkanes) is 7. The van der Waals surface area contributed by atoms with Gasteiger partial charge in [0.1, 0.15) is 16.7 Å². The zero-order valence-electron chi connectivity index (χ0n) is 36.5. The molecule has 0 spiro atoms. The fraction of sp³-hybridized carbons (Fsp3) is 0.375. The molecule has 8 rings (SSSR count). The molecule has 3 aromatic carbocycles. The second kappa shape index (κ2) is 22.1. The van der Waals surface area contributed by atoms with Crippen molar-refractivity contribution in [2.24, 2.45) is 0 Å². The number of nitrogens with one attached hydrogen (secondary N) is 4. The van der Waals surface area contributed by atoms with Crippen molar-refractivity contribution in [1.82, 2.24) is 30.0 Å². The molecule has 0 saturated carbocycles. The Hall–Kier alpha value is -5.85. The highest BCUT2D eigenvalue weighted by Gasteiger charge is 2.45. The van der Waals surface area contributed by atoms with Gasteiger partial charge in [-0.05, 0) is 74.3 Å². The molecule has 5 heterocycles. The highest BCUT2D eigenvalue weighted by Crippen LogP contribution is 2.34. The Morgan fingerprint density at radius 3 is 2.14 bits per heavy atom. The number of benzene rings is 3. The Balaban J connectivity index is 0.647. The van der Waals surface area contributed by atoms with Crippen LogP contribution < -0.4 is 21.3 Å². The number of thiazole rings is 2. The van der Waals surface area contributed by atoms with E-state index in [1.54, 1.807) is 23.5 Å². The molecule has 0 bridgehead atoms. The van der Waals surface area contributed by atoms with Crippen LogP contribution in [0.2, 0.25) is 5.02 Å². The maximum Gasteiger partial charge on any atom is 0.264 e. The van der Waals surface area contributed by atoms with Crippen LogP contribution in [0.4, 0.5) is 22.2 Å². The maximum absolute atomic E-state index is 13.4. The van der Waals surface area contributed by atoms with Crippen molar-refractivity contribution in [3.63, 3.8) is 0 Å². The summed E-state index contributed by atoms with van der Waals surface area (Å²) in [5.41, 5.74) is 4.79. The molecule has 5 aromatic rings. The van der Waals surface area contributed by atoms with Crippen molar-refractivity contribution < 1.29 is 28.8 Å². The van der Waals surface area contributed by atoms with Crippen molar-refractivity contribution in [2.75, 3.05) is 55.2 Å². The quantitative estimate of drug-likeness (QED) is 0.0434. The largest absolute Gasteiger partial charge is 0.332 e. The Morgan fingerprint density at radius 2 is 1.39 bits per heavy atom. The lowest BCUT2D eigenvalue weighted by atomic mass is 10.0. The van der Waals surface area contributed by atoms with Crippen LogP contribution in [0.1, 0.15) is 91.3 Å². The summed E-state index contributed by atoms with van der Waals surface area (Å²) in [5.74, 6) is -2.62. The van der Waals surface area contributed by atoms with Gasteiger partial charge in [-0.1, -0.05) is 68.3 Å².